The summed E-state index contributed by atoms with van der Waals surface area (Å²) in [5.74, 6) is -0.218. The standard InChI is InChI=1S/C13H12N4OS/c1-17(13(18)9-6-15-8-16-7-9)11-5-3-2-4-10(11)12(14)19/h2-8H,1H3,(H2,14,19). The molecule has 1 heterocycles. The summed E-state index contributed by atoms with van der Waals surface area (Å²) in [5, 5.41) is 0. The second-order valence-electron chi connectivity index (χ2n) is 3.87. The van der Waals surface area contributed by atoms with E-state index in [1.165, 1.54) is 23.6 Å². The van der Waals surface area contributed by atoms with Gasteiger partial charge >= 0.3 is 0 Å². The number of nitrogens with zero attached hydrogens (tertiary/aromatic N) is 3. The molecule has 0 fully saturated rings. The van der Waals surface area contributed by atoms with Gasteiger partial charge in [-0.15, -0.1) is 0 Å². The molecule has 0 bridgehead atoms. The van der Waals surface area contributed by atoms with Crippen molar-refractivity contribution in [3.05, 3.63) is 54.1 Å². The van der Waals surface area contributed by atoms with Gasteiger partial charge in [0.25, 0.3) is 5.91 Å². The van der Waals surface area contributed by atoms with E-state index < -0.39 is 0 Å². The van der Waals surface area contributed by atoms with Crippen molar-refractivity contribution >= 4 is 28.8 Å². The number of anilines is 1. The van der Waals surface area contributed by atoms with Crippen molar-refractivity contribution in [2.75, 3.05) is 11.9 Å². The van der Waals surface area contributed by atoms with Crippen LogP contribution >= 0.6 is 12.2 Å². The van der Waals surface area contributed by atoms with Gasteiger partial charge < -0.3 is 10.6 Å². The van der Waals surface area contributed by atoms with Crippen molar-refractivity contribution in [2.45, 2.75) is 0 Å². The molecule has 2 N–H and O–H groups in total. The van der Waals surface area contributed by atoms with Crippen LogP contribution < -0.4 is 10.6 Å². The van der Waals surface area contributed by atoms with Gasteiger partial charge in [-0.05, 0) is 12.1 Å². The van der Waals surface area contributed by atoms with E-state index in [9.17, 15) is 4.79 Å². The van der Waals surface area contributed by atoms with E-state index in [1.807, 2.05) is 12.1 Å². The zero-order chi connectivity index (χ0) is 13.8. The minimum absolute atomic E-state index is 0.218. The fourth-order valence-corrected chi connectivity index (χ4v) is 1.86. The van der Waals surface area contributed by atoms with Crippen LogP contribution in [0.1, 0.15) is 15.9 Å². The maximum absolute atomic E-state index is 12.3. The normalized spacial score (nSPS) is 9.95. The van der Waals surface area contributed by atoms with E-state index in [4.69, 9.17) is 18.0 Å². The molecule has 0 spiro atoms. The first-order valence-corrected chi connectivity index (χ1v) is 5.94. The van der Waals surface area contributed by atoms with Crippen molar-refractivity contribution in [2.24, 2.45) is 5.73 Å². The Labute approximate surface area is 116 Å². The van der Waals surface area contributed by atoms with Crippen LogP contribution in [-0.4, -0.2) is 27.9 Å². The smallest absolute Gasteiger partial charge is 0.261 e. The van der Waals surface area contributed by atoms with Crippen LogP contribution in [0.3, 0.4) is 0 Å². The van der Waals surface area contributed by atoms with Crippen molar-refractivity contribution in [3.63, 3.8) is 0 Å². The third kappa shape index (κ3) is 2.74. The highest BCUT2D eigenvalue weighted by Gasteiger charge is 2.17. The monoisotopic (exact) mass is 272 g/mol. The van der Waals surface area contributed by atoms with Crippen LogP contribution in [0.15, 0.2) is 43.0 Å². The van der Waals surface area contributed by atoms with Gasteiger partial charge in [-0.3, -0.25) is 4.79 Å². The highest BCUT2D eigenvalue weighted by Crippen LogP contribution is 2.20. The van der Waals surface area contributed by atoms with Crippen LogP contribution in [-0.2, 0) is 0 Å². The number of carbonyl (C=O) groups is 1. The third-order valence-electron chi connectivity index (χ3n) is 2.64. The minimum atomic E-state index is -0.218. The maximum Gasteiger partial charge on any atom is 0.261 e. The lowest BCUT2D eigenvalue weighted by Crippen LogP contribution is -2.28. The molecule has 2 rings (SSSR count). The number of nitrogens with two attached hydrogens (primary N) is 1. The van der Waals surface area contributed by atoms with Gasteiger partial charge in [0, 0.05) is 25.0 Å². The number of carbonyl (C=O) groups excluding carboxylic acids is 1. The van der Waals surface area contributed by atoms with E-state index in [1.54, 1.807) is 19.2 Å². The van der Waals surface area contributed by atoms with E-state index in [2.05, 4.69) is 9.97 Å². The Morgan fingerprint density at radius 1 is 1.26 bits per heavy atom. The molecular weight excluding hydrogens is 260 g/mol. The second kappa shape index (κ2) is 5.53. The Hall–Kier alpha value is -2.34. The summed E-state index contributed by atoms with van der Waals surface area (Å²) in [6, 6.07) is 7.21. The third-order valence-corrected chi connectivity index (χ3v) is 2.86. The molecule has 1 aromatic heterocycles. The Bertz CT molecular complexity index is 615. The quantitative estimate of drug-likeness (QED) is 0.855. The first-order valence-electron chi connectivity index (χ1n) is 5.53. The number of amides is 1. The van der Waals surface area contributed by atoms with Crippen molar-refractivity contribution in [1.82, 2.24) is 9.97 Å². The zero-order valence-corrected chi connectivity index (χ0v) is 11.1. The molecule has 0 aliphatic carbocycles. The van der Waals surface area contributed by atoms with Crippen molar-refractivity contribution < 1.29 is 4.79 Å². The van der Waals surface area contributed by atoms with Crippen LogP contribution in [0, 0.1) is 0 Å². The summed E-state index contributed by atoms with van der Waals surface area (Å²) in [7, 11) is 1.66. The van der Waals surface area contributed by atoms with Crippen molar-refractivity contribution in [3.8, 4) is 0 Å². The molecule has 0 unspecified atom stereocenters. The van der Waals surface area contributed by atoms with Gasteiger partial charge in [0.15, 0.2) is 0 Å². The Balaban J connectivity index is 2.38. The molecule has 0 aliphatic heterocycles. The number of para-hydroxylation sites is 1. The highest BCUT2D eigenvalue weighted by atomic mass is 32.1. The first kappa shape index (κ1) is 13.1. The largest absolute Gasteiger partial charge is 0.389 e. The number of thiocarbonyl (C=S) groups is 1. The molecule has 96 valence electrons. The van der Waals surface area contributed by atoms with Gasteiger partial charge in [0.05, 0.1) is 11.3 Å². The molecule has 0 saturated heterocycles. The second-order valence-corrected chi connectivity index (χ2v) is 4.31. The van der Waals surface area contributed by atoms with Crippen LogP contribution in [0.5, 0.6) is 0 Å². The van der Waals surface area contributed by atoms with Crippen LogP contribution in [0.2, 0.25) is 0 Å². The lowest BCUT2D eigenvalue weighted by Gasteiger charge is -2.20. The summed E-state index contributed by atoms with van der Waals surface area (Å²) >= 11 is 4.99. The first-order chi connectivity index (χ1) is 9.11. The molecule has 5 nitrogen and oxygen atoms in total. The average Bonchev–Trinajstić information content (AvgIpc) is 2.46. The predicted octanol–water partition coefficient (Wildman–Crippen LogP) is 1.39. The van der Waals surface area contributed by atoms with Gasteiger partial charge in [-0.1, -0.05) is 24.4 Å². The molecule has 0 atom stereocenters. The number of aromatic nitrogens is 2. The maximum atomic E-state index is 12.3. The molecule has 0 radical (unpaired) electrons. The molecule has 19 heavy (non-hydrogen) atoms. The van der Waals surface area contributed by atoms with E-state index >= 15 is 0 Å². The van der Waals surface area contributed by atoms with E-state index in [0.29, 0.717) is 16.8 Å². The number of benzene rings is 1. The van der Waals surface area contributed by atoms with Crippen LogP contribution in [0.25, 0.3) is 0 Å². The molecule has 6 heteroatoms. The summed E-state index contributed by atoms with van der Waals surface area (Å²) < 4.78 is 0. The highest BCUT2D eigenvalue weighted by molar-refractivity contribution is 7.80. The zero-order valence-electron chi connectivity index (χ0n) is 10.3. The fourth-order valence-electron chi connectivity index (χ4n) is 1.69. The minimum Gasteiger partial charge on any atom is -0.389 e. The summed E-state index contributed by atoms with van der Waals surface area (Å²) in [6.07, 6.45) is 4.31. The topological polar surface area (TPSA) is 72.1 Å². The number of hydrogen-bond donors (Lipinski definition) is 1. The Morgan fingerprint density at radius 3 is 2.53 bits per heavy atom. The van der Waals surface area contributed by atoms with Crippen LogP contribution in [0.4, 0.5) is 5.69 Å². The lowest BCUT2D eigenvalue weighted by atomic mass is 10.1. The van der Waals surface area contributed by atoms with Gasteiger partial charge in [0.1, 0.15) is 11.3 Å². The Morgan fingerprint density at radius 2 is 1.89 bits per heavy atom. The SMILES string of the molecule is CN(C(=O)c1cncnc1)c1ccccc1C(N)=S. The molecular formula is C13H12N4OS. The summed E-state index contributed by atoms with van der Waals surface area (Å²) in [5.41, 5.74) is 7.38. The fraction of sp³-hybridized carbons (Fsp3) is 0.0769. The number of rotatable bonds is 3. The van der Waals surface area contributed by atoms with Gasteiger partial charge in [-0.25, -0.2) is 9.97 Å². The summed E-state index contributed by atoms with van der Waals surface area (Å²) in [4.78, 5) is 21.7. The summed E-state index contributed by atoms with van der Waals surface area (Å²) in [6.45, 7) is 0. The Kier molecular flexibility index (Phi) is 3.82. The lowest BCUT2D eigenvalue weighted by molar-refractivity contribution is 0.0992. The van der Waals surface area contributed by atoms with E-state index in [0.717, 1.165) is 0 Å². The molecule has 2 aromatic rings. The van der Waals surface area contributed by atoms with E-state index in [-0.39, 0.29) is 10.9 Å². The molecule has 0 saturated carbocycles. The molecule has 0 aliphatic rings. The average molecular weight is 272 g/mol. The predicted molar refractivity (Wildman–Crippen MR) is 77.1 cm³/mol. The number of hydrogen-bond acceptors (Lipinski definition) is 4. The van der Waals surface area contributed by atoms with Gasteiger partial charge in [-0.2, -0.15) is 0 Å². The molecule has 1 aromatic carbocycles. The van der Waals surface area contributed by atoms with Crippen molar-refractivity contribution in [1.29, 1.82) is 0 Å². The van der Waals surface area contributed by atoms with Gasteiger partial charge in [0.2, 0.25) is 0 Å². The molecule has 1 amide bonds.